The highest BCUT2D eigenvalue weighted by molar-refractivity contribution is 6.34. The van der Waals surface area contributed by atoms with Crippen molar-refractivity contribution in [3.8, 4) is 22.6 Å². The number of carboxylic acids is 1. The fourth-order valence-corrected chi connectivity index (χ4v) is 4.43. The van der Waals surface area contributed by atoms with E-state index < -0.39 is 18.6 Å². The Morgan fingerprint density at radius 2 is 1.77 bits per heavy atom. The average molecular weight is 561 g/mol. The molecule has 0 bridgehead atoms. The number of aliphatic hydroxyl groups excluding tert-OH is 1. The lowest BCUT2D eigenvalue weighted by molar-refractivity contribution is -0.140. The van der Waals surface area contributed by atoms with Gasteiger partial charge in [-0.2, -0.15) is 0 Å². The first kappa shape index (κ1) is 27.1. The van der Waals surface area contributed by atoms with Crippen LogP contribution in [0.3, 0.4) is 0 Å². The van der Waals surface area contributed by atoms with E-state index in [0.29, 0.717) is 33.1 Å². The van der Waals surface area contributed by atoms with E-state index in [0.717, 1.165) is 22.3 Å². The number of rotatable bonds is 12. The van der Waals surface area contributed by atoms with E-state index in [4.69, 9.17) is 25.7 Å². The van der Waals surface area contributed by atoms with Crippen LogP contribution in [-0.4, -0.2) is 44.1 Å². The number of pyridine rings is 1. The van der Waals surface area contributed by atoms with E-state index in [1.54, 1.807) is 24.5 Å². The molecular formula is C29H25ClN4O6. The third-order valence-corrected chi connectivity index (χ3v) is 6.68. The van der Waals surface area contributed by atoms with Gasteiger partial charge in [0.25, 0.3) is 0 Å². The smallest absolute Gasteiger partial charge is 0.323 e. The number of benzene rings is 3. The molecule has 0 radical (unpaired) electrons. The highest BCUT2D eigenvalue weighted by Crippen LogP contribution is 2.36. The van der Waals surface area contributed by atoms with Crippen LogP contribution < -0.4 is 14.8 Å². The van der Waals surface area contributed by atoms with Crippen LogP contribution >= 0.6 is 11.6 Å². The van der Waals surface area contributed by atoms with Crippen molar-refractivity contribution in [1.29, 1.82) is 0 Å². The zero-order valence-corrected chi connectivity index (χ0v) is 21.9. The molecule has 1 atom stereocenters. The zero-order chi connectivity index (χ0) is 27.9. The Morgan fingerprint density at radius 1 is 0.975 bits per heavy atom. The minimum Gasteiger partial charge on any atom is -0.488 e. The Hall–Kier alpha value is -4.51. The number of nitrogens with one attached hydrogen (secondary N) is 1. The zero-order valence-electron chi connectivity index (χ0n) is 21.2. The Morgan fingerprint density at radius 3 is 2.52 bits per heavy atom. The number of aromatic nitrogens is 3. The minimum absolute atomic E-state index is 0.00976. The number of fused-ring (bicyclic) bond motifs is 1. The standard InChI is InChI=1S/C29H25ClN4O6/c30-26-20(9-4-10-21(26)19-7-2-1-3-8-19)17-39-25-12-24(38-16-18-6-5-11-31-13-18)22(27-28(25)34-40-33-27)14-32-23(15-35)29(36)37/h1-13,23,32,35H,14-17H2,(H,36,37)/t23-/m1/s1. The van der Waals surface area contributed by atoms with Crippen molar-refractivity contribution in [3.63, 3.8) is 0 Å². The van der Waals surface area contributed by atoms with Crippen LogP contribution in [0.4, 0.5) is 0 Å². The molecule has 0 spiro atoms. The lowest BCUT2D eigenvalue weighted by Crippen LogP contribution is -2.39. The number of carboxylic acid groups (broad SMARTS) is 1. The fraction of sp³-hybridized carbons (Fsp3) is 0.172. The number of carbonyl (C=O) groups is 1. The summed E-state index contributed by atoms with van der Waals surface area (Å²) in [6.45, 7) is -0.266. The largest absolute Gasteiger partial charge is 0.488 e. The van der Waals surface area contributed by atoms with Crippen molar-refractivity contribution >= 4 is 28.6 Å². The molecule has 3 aromatic carbocycles. The van der Waals surface area contributed by atoms with E-state index in [2.05, 4.69) is 20.6 Å². The molecule has 0 saturated heterocycles. The number of halogens is 1. The summed E-state index contributed by atoms with van der Waals surface area (Å²) in [6, 6.07) is 19.7. The van der Waals surface area contributed by atoms with E-state index in [1.807, 2.05) is 54.6 Å². The van der Waals surface area contributed by atoms with Gasteiger partial charge in [0.05, 0.1) is 11.6 Å². The van der Waals surface area contributed by atoms with Crippen molar-refractivity contribution in [2.75, 3.05) is 6.61 Å². The highest BCUT2D eigenvalue weighted by Gasteiger charge is 2.23. The van der Waals surface area contributed by atoms with Crippen molar-refractivity contribution in [3.05, 3.63) is 101 Å². The van der Waals surface area contributed by atoms with E-state index in [-0.39, 0.29) is 19.8 Å². The van der Waals surface area contributed by atoms with Crippen molar-refractivity contribution in [2.45, 2.75) is 25.8 Å². The van der Waals surface area contributed by atoms with Gasteiger partial charge >= 0.3 is 5.97 Å². The van der Waals surface area contributed by atoms with E-state index in [1.165, 1.54) is 0 Å². The molecule has 3 N–H and O–H groups in total. The summed E-state index contributed by atoms with van der Waals surface area (Å²) in [5.41, 5.74) is 4.62. The van der Waals surface area contributed by atoms with Gasteiger partial charge in [0.2, 0.25) is 0 Å². The van der Waals surface area contributed by atoms with Gasteiger partial charge in [-0.15, -0.1) is 0 Å². The minimum atomic E-state index is -1.19. The molecule has 0 aliphatic rings. The molecule has 0 aliphatic heterocycles. The quantitative estimate of drug-likeness (QED) is 0.198. The molecule has 0 amide bonds. The number of aliphatic carboxylic acids is 1. The lowest BCUT2D eigenvalue weighted by atomic mass is 10.0. The summed E-state index contributed by atoms with van der Waals surface area (Å²) in [4.78, 5) is 15.5. The van der Waals surface area contributed by atoms with Crippen LogP contribution in [0.5, 0.6) is 11.5 Å². The number of ether oxygens (including phenoxy) is 2. The first-order chi connectivity index (χ1) is 19.5. The topological polar surface area (TPSA) is 140 Å². The maximum absolute atomic E-state index is 11.4. The molecule has 0 saturated carbocycles. The van der Waals surface area contributed by atoms with Crippen molar-refractivity contribution < 1.29 is 29.1 Å². The summed E-state index contributed by atoms with van der Waals surface area (Å²) in [5, 5.41) is 30.2. The van der Waals surface area contributed by atoms with Gasteiger partial charge in [-0.25, -0.2) is 4.63 Å². The van der Waals surface area contributed by atoms with Gasteiger partial charge < -0.3 is 19.7 Å². The summed E-state index contributed by atoms with van der Waals surface area (Å²) in [7, 11) is 0. The maximum atomic E-state index is 11.4. The van der Waals surface area contributed by atoms with Crippen LogP contribution in [0.25, 0.3) is 22.2 Å². The van der Waals surface area contributed by atoms with Crippen LogP contribution in [0, 0.1) is 0 Å². The SMILES string of the molecule is O=C(O)[C@@H](CO)NCc1c(OCc2cccnc2)cc(OCc2cccc(-c3ccccc3)c2Cl)c2nonc12. The van der Waals surface area contributed by atoms with Gasteiger partial charge in [0, 0.05) is 47.3 Å². The van der Waals surface area contributed by atoms with Gasteiger partial charge in [-0.3, -0.25) is 15.1 Å². The Labute approximate surface area is 234 Å². The van der Waals surface area contributed by atoms with Gasteiger partial charge in [-0.1, -0.05) is 66.2 Å². The molecule has 0 fully saturated rings. The number of hydrogen-bond acceptors (Lipinski definition) is 9. The fourth-order valence-electron chi connectivity index (χ4n) is 4.14. The van der Waals surface area contributed by atoms with Crippen LogP contribution in [0.1, 0.15) is 16.7 Å². The molecule has 0 unspecified atom stereocenters. The van der Waals surface area contributed by atoms with E-state index >= 15 is 0 Å². The summed E-state index contributed by atoms with van der Waals surface area (Å²) >= 11 is 6.76. The molecule has 10 nitrogen and oxygen atoms in total. The predicted octanol–water partition coefficient (Wildman–Crippen LogP) is 4.63. The molecule has 40 heavy (non-hydrogen) atoms. The molecular weight excluding hydrogens is 536 g/mol. The molecule has 5 rings (SSSR count). The highest BCUT2D eigenvalue weighted by atomic mass is 35.5. The van der Waals surface area contributed by atoms with Crippen molar-refractivity contribution in [1.82, 2.24) is 20.6 Å². The molecule has 2 aromatic heterocycles. The normalized spacial score (nSPS) is 11.8. The molecule has 204 valence electrons. The number of nitrogens with zero attached hydrogens (tertiary/aromatic N) is 3. The van der Waals surface area contributed by atoms with Crippen LogP contribution in [0.2, 0.25) is 5.02 Å². The Bertz CT molecular complexity index is 1600. The predicted molar refractivity (Wildman–Crippen MR) is 147 cm³/mol. The number of hydrogen-bond donors (Lipinski definition) is 3. The van der Waals surface area contributed by atoms with Crippen LogP contribution in [-0.2, 0) is 24.6 Å². The summed E-state index contributed by atoms with van der Waals surface area (Å²) in [6.07, 6.45) is 3.34. The van der Waals surface area contributed by atoms with Gasteiger partial charge in [-0.05, 0) is 21.9 Å². The van der Waals surface area contributed by atoms with Crippen LogP contribution in [0.15, 0.2) is 83.8 Å². The first-order valence-corrected chi connectivity index (χ1v) is 12.8. The lowest BCUT2D eigenvalue weighted by Gasteiger charge is -2.17. The first-order valence-electron chi connectivity index (χ1n) is 12.4. The summed E-state index contributed by atoms with van der Waals surface area (Å²) in [5.74, 6) is -0.468. The number of aliphatic hydroxyl groups is 1. The molecule has 11 heteroatoms. The van der Waals surface area contributed by atoms with Gasteiger partial charge in [0.1, 0.15) is 30.5 Å². The monoisotopic (exact) mass is 560 g/mol. The third-order valence-electron chi connectivity index (χ3n) is 6.24. The van der Waals surface area contributed by atoms with Gasteiger partial charge in [0.15, 0.2) is 11.3 Å². The second-order valence-electron chi connectivity index (χ2n) is 8.85. The van der Waals surface area contributed by atoms with E-state index in [9.17, 15) is 15.0 Å². The Kier molecular flexibility index (Phi) is 8.50. The Balaban J connectivity index is 1.46. The summed E-state index contributed by atoms with van der Waals surface area (Å²) < 4.78 is 17.3. The second-order valence-corrected chi connectivity index (χ2v) is 9.23. The second kappa shape index (κ2) is 12.6. The average Bonchev–Trinajstić information content (AvgIpc) is 3.47. The van der Waals surface area contributed by atoms with Crippen molar-refractivity contribution in [2.24, 2.45) is 0 Å². The third kappa shape index (κ3) is 6.04. The molecule has 0 aliphatic carbocycles. The molecule has 5 aromatic rings. The maximum Gasteiger partial charge on any atom is 0.323 e. The molecule has 2 heterocycles.